The molecule has 0 aliphatic carbocycles. The van der Waals surface area contributed by atoms with E-state index in [0.717, 1.165) is 22.7 Å². The van der Waals surface area contributed by atoms with Gasteiger partial charge in [-0.1, -0.05) is 48.5 Å². The van der Waals surface area contributed by atoms with Crippen LogP contribution in [0.15, 0.2) is 120 Å². The number of carbonyl (C=O) groups excluding carboxylic acids is 4. The van der Waals surface area contributed by atoms with Gasteiger partial charge in [0.1, 0.15) is 23.3 Å². The lowest BCUT2D eigenvalue weighted by molar-refractivity contribution is -0.138. The van der Waals surface area contributed by atoms with Crippen LogP contribution in [0.2, 0.25) is 0 Å². The summed E-state index contributed by atoms with van der Waals surface area (Å²) in [7, 11) is 7.99. The summed E-state index contributed by atoms with van der Waals surface area (Å²) in [6.07, 6.45) is 5.97. The highest BCUT2D eigenvalue weighted by Crippen LogP contribution is 2.32. The minimum absolute atomic E-state index is 0.116. The molecule has 4 aromatic rings. The maximum atomic E-state index is 12.4. The highest BCUT2D eigenvalue weighted by molar-refractivity contribution is 5.99. The molecule has 0 N–H and O–H groups in total. The van der Waals surface area contributed by atoms with Crippen LogP contribution in [0, 0.1) is 41.2 Å². The van der Waals surface area contributed by atoms with E-state index in [-0.39, 0.29) is 49.0 Å². The average Bonchev–Trinajstić information content (AvgIpc) is 3.38. The lowest BCUT2D eigenvalue weighted by Gasteiger charge is -2.46. The van der Waals surface area contributed by atoms with Crippen LogP contribution in [-0.4, -0.2) is 105 Å². The summed E-state index contributed by atoms with van der Waals surface area (Å²) in [5.74, 6) is -2.79. The van der Waals surface area contributed by atoms with E-state index >= 15 is 0 Å². The molecular formula is C57H60N8O8. The van der Waals surface area contributed by atoms with Crippen LogP contribution in [0.4, 0.5) is 22.7 Å². The number of rotatable bonds is 24. The fraction of sp³-hybridized carbons (Fsp3) is 0.298. The van der Waals surface area contributed by atoms with E-state index in [1.807, 2.05) is 137 Å². The van der Waals surface area contributed by atoms with Gasteiger partial charge in [-0.15, -0.1) is 0 Å². The Morgan fingerprint density at radius 1 is 0.452 bits per heavy atom. The molecule has 376 valence electrons. The zero-order valence-corrected chi connectivity index (χ0v) is 42.5. The van der Waals surface area contributed by atoms with E-state index in [0.29, 0.717) is 48.4 Å². The second-order valence-corrected chi connectivity index (χ2v) is 16.8. The van der Waals surface area contributed by atoms with Gasteiger partial charge in [-0.05, 0) is 123 Å². The number of hydrogen-bond donors (Lipinski definition) is 0. The van der Waals surface area contributed by atoms with Gasteiger partial charge in [-0.25, -0.2) is 19.3 Å². The molecule has 0 fully saturated rings. The number of esters is 4. The Labute approximate surface area is 428 Å². The molecule has 0 amide bonds. The predicted octanol–water partition coefficient (Wildman–Crippen LogP) is 9.11. The lowest BCUT2D eigenvalue weighted by Crippen LogP contribution is -2.55. The van der Waals surface area contributed by atoms with Gasteiger partial charge >= 0.3 is 23.9 Å². The predicted molar refractivity (Wildman–Crippen MR) is 284 cm³/mol. The summed E-state index contributed by atoms with van der Waals surface area (Å²) in [5, 5.41) is 19.4. The highest BCUT2D eigenvalue weighted by Gasteiger charge is 2.37. The van der Waals surface area contributed by atoms with Crippen molar-refractivity contribution in [1.82, 2.24) is 0 Å². The Morgan fingerprint density at radius 2 is 0.685 bits per heavy atom. The molecule has 0 bridgehead atoms. The fourth-order valence-corrected chi connectivity index (χ4v) is 8.00. The number of nitriles is 2. The highest BCUT2D eigenvalue weighted by atomic mass is 16.5. The molecule has 16 heteroatoms. The third kappa shape index (κ3) is 16.5. The zero-order valence-electron chi connectivity index (χ0n) is 42.5. The van der Waals surface area contributed by atoms with Crippen LogP contribution in [-0.2, 0) is 38.1 Å². The molecule has 0 saturated carbocycles. The molecule has 0 saturated heterocycles. The van der Waals surface area contributed by atoms with Crippen molar-refractivity contribution < 1.29 is 38.1 Å². The van der Waals surface area contributed by atoms with E-state index in [9.17, 15) is 29.7 Å². The van der Waals surface area contributed by atoms with Gasteiger partial charge in [0.25, 0.3) is 11.4 Å². The minimum Gasteiger partial charge on any atom is -0.471 e. The molecule has 0 spiro atoms. The standard InChI is InChI=1S/C57H60N8O8/c1-11-70-53(66)45(35-58)31-41-15-23-47(24-16-41)62(7)37-57(38-63(8)48-25-17-42(18-26-48)32-46(36-59)54(67)71-12-2,39-64(9)49-27-19-43(20-28-49)33-51(60-5)55(68)72-13-3)40-65(10)50-29-21-44(22-30-50)34-52(61-6)56(69)73-14-4/h15-34H,11-14,37-40H2,1-4,7-10H3/b45-31+,46-32+,51-33-,52-34-. The van der Waals surface area contributed by atoms with Gasteiger partial charge < -0.3 is 38.5 Å². The molecule has 0 heterocycles. The van der Waals surface area contributed by atoms with Crippen molar-refractivity contribution in [2.75, 3.05) is 100 Å². The van der Waals surface area contributed by atoms with Crippen molar-refractivity contribution in [3.8, 4) is 12.1 Å². The van der Waals surface area contributed by atoms with Crippen molar-refractivity contribution >= 4 is 70.9 Å². The lowest BCUT2D eigenvalue weighted by atomic mass is 9.84. The van der Waals surface area contributed by atoms with Gasteiger partial charge in [-0.2, -0.15) is 10.5 Å². The van der Waals surface area contributed by atoms with Gasteiger partial charge in [0.05, 0.1) is 39.6 Å². The molecule has 0 atom stereocenters. The summed E-state index contributed by atoms with van der Waals surface area (Å²) >= 11 is 0. The first-order valence-corrected chi connectivity index (χ1v) is 23.4. The van der Waals surface area contributed by atoms with E-state index < -0.39 is 29.3 Å². The number of nitrogens with zero attached hydrogens (tertiary/aromatic N) is 8. The van der Waals surface area contributed by atoms with E-state index in [1.165, 1.54) is 24.3 Å². The SMILES string of the molecule is [C-]#[N+]/C(=C\c1ccc(N(C)CC(CN(C)c2ccc(/C=C(\[N+]#[C-])C(=O)OCC)cc2)(CN(C)c2ccc(/C=C(\C#N)C(=O)OCC)cc2)CN(C)c2ccc(/C=C(\C#N)C(=O)OCC)cc2)cc1)C(=O)OCC. The molecular weight excluding hydrogens is 925 g/mol. The largest absolute Gasteiger partial charge is 0.471 e. The Hall–Kier alpha value is -9.12. The summed E-state index contributed by atoms with van der Waals surface area (Å²) in [6, 6.07) is 33.9. The first-order valence-electron chi connectivity index (χ1n) is 23.4. The van der Waals surface area contributed by atoms with Crippen molar-refractivity contribution in [1.29, 1.82) is 10.5 Å². The Kier molecular flexibility index (Phi) is 21.6. The van der Waals surface area contributed by atoms with E-state index in [1.54, 1.807) is 27.7 Å². The van der Waals surface area contributed by atoms with Gasteiger partial charge in [0.2, 0.25) is 0 Å². The smallest absolute Gasteiger partial charge is 0.348 e. The van der Waals surface area contributed by atoms with Crippen molar-refractivity contribution in [3.63, 3.8) is 0 Å². The topological polar surface area (TPSA) is 174 Å². The summed E-state index contributed by atoms with van der Waals surface area (Å²) in [5.41, 5.74) is 4.88. The maximum absolute atomic E-state index is 12.4. The molecule has 0 aliphatic heterocycles. The second-order valence-electron chi connectivity index (χ2n) is 16.8. The van der Waals surface area contributed by atoms with Crippen molar-refractivity contribution in [2.24, 2.45) is 5.41 Å². The fourth-order valence-electron chi connectivity index (χ4n) is 8.00. The van der Waals surface area contributed by atoms with Gasteiger partial charge in [-0.3, -0.25) is 9.59 Å². The number of ether oxygens (including phenoxy) is 4. The van der Waals surface area contributed by atoms with Crippen molar-refractivity contribution in [3.05, 3.63) is 165 Å². The molecule has 0 radical (unpaired) electrons. The average molecular weight is 985 g/mol. The summed E-state index contributed by atoms with van der Waals surface area (Å²) in [4.78, 5) is 65.0. The van der Waals surface area contributed by atoms with Gasteiger partial charge in [0.15, 0.2) is 0 Å². The molecule has 4 rings (SSSR count). The van der Waals surface area contributed by atoms with Crippen LogP contribution >= 0.6 is 0 Å². The third-order valence-corrected chi connectivity index (χ3v) is 11.3. The molecule has 0 unspecified atom stereocenters. The molecule has 0 aliphatic rings. The summed E-state index contributed by atoms with van der Waals surface area (Å²) < 4.78 is 20.3. The second kappa shape index (κ2) is 27.9. The van der Waals surface area contributed by atoms with E-state index in [2.05, 4.69) is 29.3 Å². The van der Waals surface area contributed by atoms with E-state index in [4.69, 9.17) is 32.1 Å². The molecule has 0 aromatic heterocycles. The first-order chi connectivity index (χ1) is 35.1. The van der Waals surface area contributed by atoms with Gasteiger partial charge in [0, 0.05) is 82.5 Å². The van der Waals surface area contributed by atoms with Crippen molar-refractivity contribution in [2.45, 2.75) is 27.7 Å². The maximum Gasteiger partial charge on any atom is 0.348 e. The normalized spacial score (nSPS) is 11.7. The third-order valence-electron chi connectivity index (χ3n) is 11.3. The minimum atomic E-state index is -0.699. The Balaban J connectivity index is 1.86. The quantitative estimate of drug-likeness (QED) is 0.0214. The Bertz CT molecular complexity index is 2470. The number of benzene rings is 4. The van der Waals surface area contributed by atoms with Crippen LogP contribution in [0.5, 0.6) is 0 Å². The van der Waals surface area contributed by atoms with Crippen LogP contribution < -0.4 is 19.6 Å². The Morgan fingerprint density at radius 3 is 0.904 bits per heavy atom. The molecule has 73 heavy (non-hydrogen) atoms. The zero-order chi connectivity index (χ0) is 53.5. The summed E-state index contributed by atoms with van der Waals surface area (Å²) in [6.45, 7) is 24.3. The first kappa shape index (κ1) is 56.5. The van der Waals surface area contributed by atoms with Crippen LogP contribution in [0.1, 0.15) is 49.9 Å². The molecule has 4 aromatic carbocycles. The number of hydrogen-bond acceptors (Lipinski definition) is 14. The van der Waals surface area contributed by atoms with Crippen LogP contribution in [0.25, 0.3) is 34.0 Å². The number of carbonyl (C=O) groups is 4. The number of anilines is 4. The monoisotopic (exact) mass is 984 g/mol. The van der Waals surface area contributed by atoms with Crippen LogP contribution in [0.3, 0.4) is 0 Å². The molecule has 16 nitrogen and oxygen atoms in total.